The van der Waals surface area contributed by atoms with E-state index < -0.39 is 0 Å². The fraction of sp³-hybridized carbons (Fsp3) is 0.636. The molecule has 0 amide bonds. The fourth-order valence-electron chi connectivity index (χ4n) is 1.37. The highest BCUT2D eigenvalue weighted by atomic mass is 16.5. The molecule has 0 saturated heterocycles. The third kappa shape index (κ3) is 5.04. The molecule has 1 heterocycles. The van der Waals surface area contributed by atoms with E-state index in [0.717, 1.165) is 32.5 Å². The first kappa shape index (κ1) is 12.9. The number of nitrogens with zero attached hydrogens (tertiary/aromatic N) is 2. The standard InChI is InChI=1S/C11H19N3O2/c1-16-10-8-12-6-2-3-9-14-11(15)5-4-7-13-14/h4-5,7,12H,2-3,6,8-10H2,1H3. The van der Waals surface area contributed by atoms with Crippen molar-refractivity contribution in [1.29, 1.82) is 0 Å². The Morgan fingerprint density at radius 1 is 1.44 bits per heavy atom. The minimum atomic E-state index is -0.0326. The highest BCUT2D eigenvalue weighted by Gasteiger charge is 1.95. The van der Waals surface area contributed by atoms with Crippen LogP contribution in [0.5, 0.6) is 0 Å². The van der Waals surface area contributed by atoms with Crippen LogP contribution in [0.3, 0.4) is 0 Å². The Labute approximate surface area is 95.4 Å². The van der Waals surface area contributed by atoms with Crippen LogP contribution >= 0.6 is 0 Å². The lowest BCUT2D eigenvalue weighted by molar-refractivity contribution is 0.199. The van der Waals surface area contributed by atoms with Crippen LogP contribution in [-0.4, -0.2) is 36.6 Å². The number of ether oxygens (including phenoxy) is 1. The van der Waals surface area contributed by atoms with E-state index in [0.29, 0.717) is 6.54 Å². The van der Waals surface area contributed by atoms with Crippen molar-refractivity contribution in [2.45, 2.75) is 19.4 Å². The van der Waals surface area contributed by atoms with E-state index in [-0.39, 0.29) is 5.56 Å². The lowest BCUT2D eigenvalue weighted by Crippen LogP contribution is -2.23. The van der Waals surface area contributed by atoms with Gasteiger partial charge in [0.1, 0.15) is 0 Å². The van der Waals surface area contributed by atoms with Crippen LogP contribution in [0.1, 0.15) is 12.8 Å². The summed E-state index contributed by atoms with van der Waals surface area (Å²) in [6.45, 7) is 3.25. The lowest BCUT2D eigenvalue weighted by atomic mass is 10.3. The first-order valence-electron chi connectivity index (χ1n) is 5.56. The molecule has 0 aliphatic rings. The Bertz CT molecular complexity index is 338. The molecule has 0 bridgehead atoms. The monoisotopic (exact) mass is 225 g/mol. The zero-order chi connectivity index (χ0) is 11.6. The highest BCUT2D eigenvalue weighted by molar-refractivity contribution is 4.84. The van der Waals surface area contributed by atoms with Crippen molar-refractivity contribution >= 4 is 0 Å². The van der Waals surface area contributed by atoms with Gasteiger partial charge in [-0.3, -0.25) is 4.79 Å². The molecule has 0 spiro atoms. The van der Waals surface area contributed by atoms with E-state index in [1.54, 1.807) is 19.4 Å². The topological polar surface area (TPSA) is 56.1 Å². The first-order valence-corrected chi connectivity index (χ1v) is 5.56. The van der Waals surface area contributed by atoms with Gasteiger partial charge in [-0.15, -0.1) is 0 Å². The molecule has 0 saturated carbocycles. The Morgan fingerprint density at radius 3 is 3.06 bits per heavy atom. The van der Waals surface area contributed by atoms with Crippen molar-refractivity contribution in [3.8, 4) is 0 Å². The van der Waals surface area contributed by atoms with Gasteiger partial charge in [-0.1, -0.05) is 0 Å². The molecule has 5 nitrogen and oxygen atoms in total. The minimum Gasteiger partial charge on any atom is -0.383 e. The number of rotatable bonds is 8. The van der Waals surface area contributed by atoms with Crippen molar-refractivity contribution in [2.75, 3.05) is 26.8 Å². The van der Waals surface area contributed by atoms with Gasteiger partial charge in [0.25, 0.3) is 5.56 Å². The Hall–Kier alpha value is -1.20. The van der Waals surface area contributed by atoms with Crippen LogP contribution in [0, 0.1) is 0 Å². The van der Waals surface area contributed by atoms with Crippen molar-refractivity contribution in [3.05, 3.63) is 28.7 Å². The summed E-state index contributed by atoms with van der Waals surface area (Å²) < 4.78 is 6.41. The zero-order valence-electron chi connectivity index (χ0n) is 9.69. The van der Waals surface area contributed by atoms with Gasteiger partial charge >= 0.3 is 0 Å². The molecule has 0 radical (unpaired) electrons. The second-order valence-corrected chi connectivity index (χ2v) is 3.53. The maximum absolute atomic E-state index is 11.3. The molecule has 16 heavy (non-hydrogen) atoms. The molecule has 0 aromatic carbocycles. The maximum atomic E-state index is 11.3. The van der Waals surface area contributed by atoms with Gasteiger partial charge in [-0.2, -0.15) is 5.10 Å². The largest absolute Gasteiger partial charge is 0.383 e. The molecule has 0 fully saturated rings. The second kappa shape index (κ2) is 8.01. The van der Waals surface area contributed by atoms with E-state index in [4.69, 9.17) is 4.74 Å². The molecule has 0 unspecified atom stereocenters. The van der Waals surface area contributed by atoms with Crippen LogP contribution in [0.15, 0.2) is 23.1 Å². The normalized spacial score (nSPS) is 10.6. The number of aromatic nitrogens is 2. The number of hydrogen-bond donors (Lipinski definition) is 1. The summed E-state index contributed by atoms with van der Waals surface area (Å²) in [5.74, 6) is 0. The van der Waals surface area contributed by atoms with Crippen LogP contribution in [-0.2, 0) is 11.3 Å². The summed E-state index contributed by atoms with van der Waals surface area (Å²) in [7, 11) is 1.69. The summed E-state index contributed by atoms with van der Waals surface area (Å²) in [6, 6.07) is 3.19. The molecule has 1 N–H and O–H groups in total. The Balaban J connectivity index is 2.08. The van der Waals surface area contributed by atoms with Gasteiger partial charge in [0.05, 0.1) is 6.61 Å². The summed E-state index contributed by atoms with van der Waals surface area (Å²) in [5.41, 5.74) is -0.0326. The third-order valence-corrected chi connectivity index (χ3v) is 2.24. The molecule has 0 atom stereocenters. The van der Waals surface area contributed by atoms with Gasteiger partial charge in [0.15, 0.2) is 0 Å². The Kier molecular flexibility index (Phi) is 6.44. The van der Waals surface area contributed by atoms with Crippen molar-refractivity contribution in [1.82, 2.24) is 15.1 Å². The molecule has 1 aromatic rings. The lowest BCUT2D eigenvalue weighted by Gasteiger charge is -2.05. The molecule has 1 rings (SSSR count). The minimum absolute atomic E-state index is 0.0326. The van der Waals surface area contributed by atoms with Crippen LogP contribution in [0.25, 0.3) is 0 Å². The number of nitrogens with one attached hydrogen (secondary N) is 1. The molecule has 5 heteroatoms. The van der Waals surface area contributed by atoms with Gasteiger partial charge in [-0.25, -0.2) is 4.68 Å². The summed E-state index contributed by atoms with van der Waals surface area (Å²) in [5, 5.41) is 7.24. The maximum Gasteiger partial charge on any atom is 0.266 e. The molecule has 0 aliphatic heterocycles. The Morgan fingerprint density at radius 2 is 2.31 bits per heavy atom. The quantitative estimate of drug-likeness (QED) is 0.645. The van der Waals surface area contributed by atoms with Gasteiger partial charge in [0, 0.05) is 32.5 Å². The fourth-order valence-corrected chi connectivity index (χ4v) is 1.37. The predicted molar refractivity (Wildman–Crippen MR) is 62.5 cm³/mol. The predicted octanol–water partition coefficient (Wildman–Crippen LogP) is 0.259. The zero-order valence-corrected chi connectivity index (χ0v) is 9.69. The van der Waals surface area contributed by atoms with Gasteiger partial charge in [-0.05, 0) is 25.5 Å². The van der Waals surface area contributed by atoms with E-state index in [1.165, 1.54) is 10.7 Å². The summed E-state index contributed by atoms with van der Waals surface area (Å²) in [4.78, 5) is 11.3. The molecule has 1 aromatic heterocycles. The number of aryl methyl sites for hydroxylation is 1. The first-order chi connectivity index (χ1) is 7.84. The van der Waals surface area contributed by atoms with E-state index >= 15 is 0 Å². The van der Waals surface area contributed by atoms with Gasteiger partial charge < -0.3 is 10.1 Å². The van der Waals surface area contributed by atoms with E-state index in [2.05, 4.69) is 10.4 Å². The molecule has 0 aliphatic carbocycles. The SMILES string of the molecule is COCCNCCCCn1ncccc1=O. The van der Waals surface area contributed by atoms with E-state index in [9.17, 15) is 4.79 Å². The average Bonchev–Trinajstić information content (AvgIpc) is 2.30. The van der Waals surface area contributed by atoms with Crippen molar-refractivity contribution in [3.63, 3.8) is 0 Å². The summed E-state index contributed by atoms with van der Waals surface area (Å²) in [6.07, 6.45) is 3.63. The van der Waals surface area contributed by atoms with E-state index in [1.807, 2.05) is 0 Å². The van der Waals surface area contributed by atoms with Crippen LogP contribution in [0.4, 0.5) is 0 Å². The number of unbranched alkanes of at least 4 members (excludes halogenated alkanes) is 1. The number of hydrogen-bond acceptors (Lipinski definition) is 4. The average molecular weight is 225 g/mol. The third-order valence-electron chi connectivity index (χ3n) is 2.24. The van der Waals surface area contributed by atoms with Crippen LogP contribution in [0.2, 0.25) is 0 Å². The van der Waals surface area contributed by atoms with Gasteiger partial charge in [0.2, 0.25) is 0 Å². The second-order valence-electron chi connectivity index (χ2n) is 3.53. The van der Waals surface area contributed by atoms with Crippen molar-refractivity contribution < 1.29 is 4.74 Å². The number of methoxy groups -OCH3 is 1. The smallest absolute Gasteiger partial charge is 0.266 e. The summed E-state index contributed by atoms with van der Waals surface area (Å²) >= 11 is 0. The highest BCUT2D eigenvalue weighted by Crippen LogP contribution is 1.89. The van der Waals surface area contributed by atoms with Crippen LogP contribution < -0.4 is 10.9 Å². The molecular formula is C11H19N3O2. The van der Waals surface area contributed by atoms with Crippen molar-refractivity contribution in [2.24, 2.45) is 0 Å². The molecular weight excluding hydrogens is 206 g/mol. The molecule has 90 valence electrons.